The first kappa shape index (κ1) is 28.9. The van der Waals surface area contributed by atoms with Gasteiger partial charge in [-0.2, -0.15) is 0 Å². The highest BCUT2D eigenvalue weighted by Crippen LogP contribution is 2.39. The van der Waals surface area contributed by atoms with Crippen molar-refractivity contribution in [2.24, 2.45) is 0 Å². The summed E-state index contributed by atoms with van der Waals surface area (Å²) in [6, 6.07) is 55.1. The van der Waals surface area contributed by atoms with Crippen LogP contribution in [0.15, 0.2) is 223 Å². The van der Waals surface area contributed by atoms with Crippen LogP contribution in [0.25, 0.3) is 117 Å². The number of benzene rings is 9. The highest BCUT2D eigenvalue weighted by Gasteiger charge is 2.20. The van der Waals surface area contributed by atoms with Gasteiger partial charge in [-0.15, -0.1) is 0 Å². The van der Waals surface area contributed by atoms with Gasteiger partial charge in [0.25, 0.3) is 0 Å². The zero-order valence-electron chi connectivity index (χ0n) is 39.9. The molecule has 0 N–H and O–H groups in total. The number of hydrogen-bond acceptors (Lipinski definition) is 4. The number of hydrogen-bond donors (Lipinski definition) is 0. The van der Waals surface area contributed by atoms with Crippen molar-refractivity contribution in [2.45, 2.75) is 0 Å². The van der Waals surface area contributed by atoms with Crippen LogP contribution in [0.1, 0.15) is 9.60 Å². The second-order valence-electron chi connectivity index (χ2n) is 15.0. The van der Waals surface area contributed by atoms with E-state index in [1.54, 1.807) is 16.7 Å². The Morgan fingerprint density at radius 2 is 0.935 bits per heavy atom. The van der Waals surface area contributed by atoms with Gasteiger partial charge in [0.1, 0.15) is 11.2 Å². The topological polar surface area (TPSA) is 56.7 Å². The zero-order chi connectivity index (χ0) is 47.1. The first-order valence-electron chi connectivity index (χ1n) is 23.8. The van der Waals surface area contributed by atoms with Gasteiger partial charge in [-0.3, -0.25) is 0 Å². The van der Waals surface area contributed by atoms with Crippen LogP contribution in [0.5, 0.6) is 0 Å². The maximum absolute atomic E-state index is 9.19. The molecule has 62 heavy (non-hydrogen) atoms. The molecule has 0 aliphatic rings. The van der Waals surface area contributed by atoms with E-state index in [9.17, 15) is 1.37 Å². The van der Waals surface area contributed by atoms with Crippen molar-refractivity contribution in [3.63, 3.8) is 0 Å². The molecule has 12 rings (SSSR count). The Hall–Kier alpha value is -8.41. The lowest BCUT2D eigenvalue weighted by Gasteiger charge is -2.15. The summed E-state index contributed by atoms with van der Waals surface area (Å²) >= 11 is 0. The first-order valence-corrected chi connectivity index (χ1v) is 20.3. The van der Waals surface area contributed by atoms with Crippen LogP contribution in [-0.2, 0) is 0 Å². The van der Waals surface area contributed by atoms with Crippen molar-refractivity contribution in [1.82, 2.24) is 19.5 Å². The van der Waals surface area contributed by atoms with Crippen LogP contribution in [0.2, 0.25) is 0 Å². The molecule has 5 heteroatoms. The molecule has 3 aromatic heterocycles. The van der Waals surface area contributed by atoms with Gasteiger partial charge < -0.3 is 8.98 Å². The van der Waals surface area contributed by atoms with Gasteiger partial charge in [0.15, 0.2) is 17.5 Å². The molecular weight excluding hydrogens is 757 g/mol. The minimum absolute atomic E-state index is 0.0566. The van der Waals surface area contributed by atoms with Crippen LogP contribution >= 0.6 is 0 Å². The lowest BCUT2D eigenvalue weighted by molar-refractivity contribution is 0.670. The predicted octanol–water partition coefficient (Wildman–Crippen LogP) is 14.9. The van der Waals surface area contributed by atoms with Crippen LogP contribution in [-0.4, -0.2) is 19.5 Å². The van der Waals surface area contributed by atoms with E-state index in [1.807, 2.05) is 109 Å². The van der Waals surface area contributed by atoms with E-state index in [2.05, 4.69) is 48.5 Å². The molecule has 0 aliphatic carbocycles. The molecule has 12 aromatic rings. The van der Waals surface area contributed by atoms with Crippen molar-refractivity contribution in [2.75, 3.05) is 0 Å². The average Bonchev–Trinajstić information content (AvgIpc) is 3.97. The zero-order valence-corrected chi connectivity index (χ0v) is 32.9. The molecule has 0 bridgehead atoms. The van der Waals surface area contributed by atoms with E-state index in [1.165, 1.54) is 6.07 Å². The molecule has 0 radical (unpaired) electrons. The normalized spacial score (nSPS) is 13.1. The highest BCUT2D eigenvalue weighted by atomic mass is 16.3. The molecule has 0 saturated carbocycles. The molecule has 0 atom stereocenters. The number of fused-ring (bicyclic) bond motifs is 6. The summed E-state index contributed by atoms with van der Waals surface area (Å²) in [5.74, 6) is 1.03. The number of aromatic nitrogens is 4. The van der Waals surface area contributed by atoms with E-state index in [0.29, 0.717) is 28.5 Å². The van der Waals surface area contributed by atoms with Gasteiger partial charge in [-0.05, 0) is 70.2 Å². The van der Waals surface area contributed by atoms with Crippen LogP contribution in [0.3, 0.4) is 0 Å². The monoisotopic (exact) mass is 799 g/mol. The van der Waals surface area contributed by atoms with E-state index in [0.717, 1.165) is 60.9 Å². The molecule has 3 heterocycles. The Labute approximate surface area is 367 Å². The van der Waals surface area contributed by atoms with Crippen molar-refractivity contribution in [3.05, 3.63) is 218 Å². The predicted molar refractivity (Wildman–Crippen MR) is 254 cm³/mol. The van der Waals surface area contributed by atoms with E-state index in [-0.39, 0.29) is 57.8 Å². The van der Waals surface area contributed by atoms with Crippen molar-refractivity contribution in [3.8, 4) is 73.2 Å². The Morgan fingerprint density at radius 1 is 0.371 bits per heavy atom. The fourth-order valence-electron chi connectivity index (χ4n) is 8.44. The van der Waals surface area contributed by atoms with Crippen molar-refractivity contribution >= 4 is 43.7 Å². The third kappa shape index (κ3) is 6.06. The summed E-state index contributed by atoms with van der Waals surface area (Å²) in [6.45, 7) is 0. The summed E-state index contributed by atoms with van der Waals surface area (Å²) in [6.07, 6.45) is 0. The van der Waals surface area contributed by atoms with Crippen LogP contribution in [0, 0.1) is 0 Å². The van der Waals surface area contributed by atoms with Crippen molar-refractivity contribution < 1.29 is 14.0 Å². The lowest BCUT2D eigenvalue weighted by Crippen LogP contribution is -2.03. The van der Waals surface area contributed by atoms with Crippen LogP contribution in [0.4, 0.5) is 0 Å². The molecule has 9 aromatic carbocycles. The van der Waals surface area contributed by atoms with Gasteiger partial charge in [-0.1, -0.05) is 176 Å². The molecule has 5 nitrogen and oxygen atoms in total. The lowest BCUT2D eigenvalue weighted by atomic mass is 9.98. The number of para-hydroxylation sites is 5. The summed E-state index contributed by atoms with van der Waals surface area (Å²) in [5, 5.41) is 2.18. The Balaban J connectivity index is 1.07. The van der Waals surface area contributed by atoms with Gasteiger partial charge in [-0.25, -0.2) is 15.0 Å². The number of nitrogens with zero attached hydrogens (tertiary/aromatic N) is 4. The third-order valence-electron chi connectivity index (χ3n) is 11.4. The number of rotatable bonds is 7. The standard InChI is InChI=1S/C57H36N4O/c1-2-15-37(16-3-1)40-17-12-18-41(35-40)38-31-33-39(34-32-38)55-58-56(43-20-13-19-42(36-43)44-25-14-26-48-47-23-7-11-30-53(47)62-54(44)48)60-57(59-55)49-24-6-10-29-52(49)61-50-27-8-4-21-45(50)46-22-5-9-28-51(46)61/h1-36H/i4D,5D,8D,21D,22D,27D,28D. The Bertz CT molecular complexity index is 4060. The summed E-state index contributed by atoms with van der Waals surface area (Å²) < 4.78 is 70.2. The Kier molecular flexibility index (Phi) is 6.86. The summed E-state index contributed by atoms with van der Waals surface area (Å²) in [4.78, 5) is 15.4. The second-order valence-corrected chi connectivity index (χ2v) is 15.0. The highest BCUT2D eigenvalue weighted by molar-refractivity contribution is 6.10. The van der Waals surface area contributed by atoms with Gasteiger partial charge in [0, 0.05) is 43.8 Å². The molecule has 0 aliphatic heterocycles. The SMILES string of the molecule is [2H]c1cc([2H])c2c(c1[2H])c1c([2H])c([2H])c([2H])c([2H])c1n2-c1ccccc1-c1nc(-c2ccc(-c3cccc(-c4ccccc4)c3)cc2)nc(-c2cccc(-c3cccc4c3oc3ccccc34)c2)n1. The minimum Gasteiger partial charge on any atom is -0.455 e. The quantitative estimate of drug-likeness (QED) is 0.161. The maximum Gasteiger partial charge on any atom is 0.166 e. The van der Waals surface area contributed by atoms with Crippen LogP contribution < -0.4 is 0 Å². The average molecular weight is 800 g/mol. The van der Waals surface area contributed by atoms with E-state index < -0.39 is 12.1 Å². The molecule has 290 valence electrons. The second kappa shape index (κ2) is 14.7. The van der Waals surface area contributed by atoms with Gasteiger partial charge in [0.05, 0.1) is 26.3 Å². The smallest absolute Gasteiger partial charge is 0.166 e. The fourth-order valence-corrected chi connectivity index (χ4v) is 8.44. The summed E-state index contributed by atoms with van der Waals surface area (Å²) in [7, 11) is 0. The van der Waals surface area contributed by atoms with Gasteiger partial charge >= 0.3 is 0 Å². The summed E-state index contributed by atoms with van der Waals surface area (Å²) in [5.41, 5.74) is 10.2. The Morgan fingerprint density at radius 3 is 1.79 bits per heavy atom. The molecule has 0 saturated heterocycles. The third-order valence-corrected chi connectivity index (χ3v) is 11.4. The fraction of sp³-hybridized carbons (Fsp3) is 0. The number of furan rings is 1. The van der Waals surface area contributed by atoms with Gasteiger partial charge in [0.2, 0.25) is 0 Å². The first-order chi connectivity index (χ1) is 33.6. The molecule has 0 unspecified atom stereocenters. The molecule has 0 amide bonds. The molecule has 0 spiro atoms. The largest absolute Gasteiger partial charge is 0.455 e. The molecular formula is C57H36N4O. The minimum atomic E-state index is -0.471. The van der Waals surface area contributed by atoms with E-state index >= 15 is 0 Å². The molecule has 0 fully saturated rings. The van der Waals surface area contributed by atoms with Crippen molar-refractivity contribution in [1.29, 1.82) is 0 Å². The maximum atomic E-state index is 9.19. The van der Waals surface area contributed by atoms with E-state index in [4.69, 9.17) is 27.6 Å².